The van der Waals surface area contributed by atoms with Gasteiger partial charge in [-0.15, -0.1) is 0 Å². The Morgan fingerprint density at radius 3 is 2.84 bits per heavy atom. The van der Waals surface area contributed by atoms with Crippen molar-refractivity contribution >= 4 is 5.91 Å². The average Bonchev–Trinajstić information content (AvgIpc) is 2.90. The fourth-order valence-electron chi connectivity index (χ4n) is 1.96. The van der Waals surface area contributed by atoms with Crippen LogP contribution in [-0.4, -0.2) is 12.5 Å². The number of nitrogens with two attached hydrogens (primary N) is 1. The highest BCUT2D eigenvalue weighted by atomic mass is 16.5. The van der Waals surface area contributed by atoms with Crippen LogP contribution in [0.3, 0.4) is 0 Å². The van der Waals surface area contributed by atoms with Crippen molar-refractivity contribution in [1.29, 1.82) is 0 Å². The molecular weight excluding hydrogens is 244 g/mol. The zero-order valence-corrected chi connectivity index (χ0v) is 10.9. The number of ether oxygens (including phenoxy) is 1. The molecule has 1 aromatic carbocycles. The molecule has 5 heteroatoms. The molecule has 19 heavy (non-hydrogen) atoms. The Bertz CT molecular complexity index is 577. The van der Waals surface area contributed by atoms with Gasteiger partial charge in [-0.1, -0.05) is 6.07 Å². The zero-order chi connectivity index (χ0) is 13.8. The highest BCUT2D eigenvalue weighted by molar-refractivity contribution is 5.78. The third-order valence-corrected chi connectivity index (χ3v) is 2.76. The summed E-state index contributed by atoms with van der Waals surface area (Å²) in [5.41, 5.74) is 5.92. The van der Waals surface area contributed by atoms with Gasteiger partial charge in [0, 0.05) is 11.1 Å². The predicted molar refractivity (Wildman–Crippen MR) is 71.4 cm³/mol. The molecule has 1 heterocycles. The van der Waals surface area contributed by atoms with Crippen LogP contribution in [0.25, 0.3) is 11.1 Å². The molecule has 2 aromatic rings. The van der Waals surface area contributed by atoms with Crippen molar-refractivity contribution < 1.29 is 13.9 Å². The number of hydrazine groups is 1. The Balaban J connectivity index is 2.38. The van der Waals surface area contributed by atoms with Crippen molar-refractivity contribution in [1.82, 2.24) is 5.43 Å². The molecule has 0 unspecified atom stereocenters. The van der Waals surface area contributed by atoms with E-state index in [2.05, 4.69) is 0 Å². The van der Waals surface area contributed by atoms with E-state index in [1.165, 1.54) is 0 Å². The Kier molecular flexibility index (Phi) is 3.87. The van der Waals surface area contributed by atoms with Crippen LogP contribution in [0.15, 0.2) is 35.1 Å². The summed E-state index contributed by atoms with van der Waals surface area (Å²) in [6.07, 6.45) is 3.24. The summed E-state index contributed by atoms with van der Waals surface area (Å²) in [6.45, 7) is 3.82. The quantitative estimate of drug-likeness (QED) is 0.500. The minimum atomic E-state index is -0.377. The molecule has 0 atom stereocenters. The van der Waals surface area contributed by atoms with E-state index in [4.69, 9.17) is 15.0 Å². The van der Waals surface area contributed by atoms with Crippen molar-refractivity contribution in [3.05, 3.63) is 41.9 Å². The summed E-state index contributed by atoms with van der Waals surface area (Å²) in [6, 6.07) is 5.84. The number of benzene rings is 1. The number of nitrogens with one attached hydrogen (secondary N) is 1. The monoisotopic (exact) mass is 260 g/mol. The molecule has 0 saturated carbocycles. The van der Waals surface area contributed by atoms with E-state index in [0.29, 0.717) is 5.75 Å². The van der Waals surface area contributed by atoms with Crippen LogP contribution >= 0.6 is 0 Å². The molecule has 0 saturated heterocycles. The van der Waals surface area contributed by atoms with Gasteiger partial charge in [0.2, 0.25) is 0 Å². The number of carbonyl (C=O) groups is 1. The lowest BCUT2D eigenvalue weighted by Gasteiger charge is -2.14. The molecule has 0 aliphatic carbocycles. The molecule has 1 amide bonds. The summed E-state index contributed by atoms with van der Waals surface area (Å²) >= 11 is 0. The van der Waals surface area contributed by atoms with E-state index in [-0.39, 0.29) is 12.5 Å². The van der Waals surface area contributed by atoms with Gasteiger partial charge in [-0.25, -0.2) is 5.84 Å². The summed E-state index contributed by atoms with van der Waals surface area (Å²) in [5, 5.41) is 0. The Hall–Kier alpha value is -2.27. The first-order chi connectivity index (χ1) is 9.11. The molecular formula is C14H16N2O3. The third-order valence-electron chi connectivity index (χ3n) is 2.76. The molecule has 0 aliphatic heterocycles. The summed E-state index contributed by atoms with van der Waals surface area (Å²) in [4.78, 5) is 11.2. The van der Waals surface area contributed by atoms with E-state index in [1.807, 2.05) is 37.5 Å². The van der Waals surface area contributed by atoms with E-state index in [1.54, 1.807) is 12.5 Å². The number of carbonyl (C=O) groups excluding carboxylic acids is 1. The van der Waals surface area contributed by atoms with Crippen LogP contribution in [0.2, 0.25) is 0 Å². The second kappa shape index (κ2) is 5.58. The predicted octanol–water partition coefficient (Wildman–Crippen LogP) is 1.93. The lowest BCUT2D eigenvalue weighted by atomic mass is 10.0. The second-order valence-corrected chi connectivity index (χ2v) is 4.33. The molecule has 0 spiro atoms. The van der Waals surface area contributed by atoms with Crippen molar-refractivity contribution in [2.45, 2.75) is 13.8 Å². The molecule has 0 radical (unpaired) electrons. The first-order valence-corrected chi connectivity index (χ1v) is 5.88. The van der Waals surface area contributed by atoms with Crippen LogP contribution in [0.1, 0.15) is 11.1 Å². The molecule has 0 aliphatic rings. The highest BCUT2D eigenvalue weighted by Gasteiger charge is 2.13. The van der Waals surface area contributed by atoms with E-state index in [0.717, 1.165) is 22.3 Å². The molecule has 100 valence electrons. The van der Waals surface area contributed by atoms with E-state index in [9.17, 15) is 4.79 Å². The second-order valence-electron chi connectivity index (χ2n) is 4.33. The molecule has 2 rings (SSSR count). The molecule has 0 bridgehead atoms. The smallest absolute Gasteiger partial charge is 0.271 e. The number of rotatable bonds is 4. The standard InChI is InChI=1S/C14H16N2O3/c1-9-5-10(2)14(19-8-13(17)16-15)12(6-9)11-3-4-18-7-11/h3-7H,8,15H2,1-2H3,(H,16,17). The Morgan fingerprint density at radius 2 is 2.21 bits per heavy atom. The van der Waals surface area contributed by atoms with Crippen molar-refractivity contribution in [2.75, 3.05) is 6.61 Å². The van der Waals surface area contributed by atoms with E-state index >= 15 is 0 Å². The first kappa shape index (κ1) is 13.2. The maximum absolute atomic E-state index is 11.2. The van der Waals surface area contributed by atoms with Crippen molar-refractivity contribution in [3.8, 4) is 16.9 Å². The summed E-state index contributed by atoms with van der Waals surface area (Å²) < 4.78 is 10.7. The molecule has 0 fully saturated rings. The fraction of sp³-hybridized carbons (Fsp3) is 0.214. The average molecular weight is 260 g/mol. The number of aryl methyl sites for hydroxylation is 2. The van der Waals surface area contributed by atoms with Gasteiger partial charge in [-0.3, -0.25) is 10.2 Å². The minimum Gasteiger partial charge on any atom is -0.483 e. The van der Waals surface area contributed by atoms with Crippen LogP contribution in [-0.2, 0) is 4.79 Å². The number of hydrogen-bond donors (Lipinski definition) is 2. The van der Waals surface area contributed by atoms with Gasteiger partial charge in [0.1, 0.15) is 5.75 Å². The minimum absolute atomic E-state index is 0.120. The fourth-order valence-corrected chi connectivity index (χ4v) is 1.96. The largest absolute Gasteiger partial charge is 0.483 e. The number of hydrogen-bond acceptors (Lipinski definition) is 4. The number of furan rings is 1. The van der Waals surface area contributed by atoms with Gasteiger partial charge in [-0.05, 0) is 37.1 Å². The van der Waals surface area contributed by atoms with Crippen molar-refractivity contribution in [2.24, 2.45) is 5.84 Å². The Labute approximate surface area is 111 Å². The van der Waals surface area contributed by atoms with Gasteiger partial charge >= 0.3 is 0 Å². The van der Waals surface area contributed by atoms with Gasteiger partial charge in [0.05, 0.1) is 12.5 Å². The van der Waals surface area contributed by atoms with Gasteiger partial charge in [0.15, 0.2) is 6.61 Å². The lowest BCUT2D eigenvalue weighted by molar-refractivity contribution is -0.123. The molecule has 1 aromatic heterocycles. The van der Waals surface area contributed by atoms with Crippen LogP contribution in [0, 0.1) is 13.8 Å². The topological polar surface area (TPSA) is 77.5 Å². The molecule has 5 nitrogen and oxygen atoms in total. The number of amides is 1. The van der Waals surface area contributed by atoms with Gasteiger partial charge in [-0.2, -0.15) is 0 Å². The van der Waals surface area contributed by atoms with Gasteiger partial charge in [0.25, 0.3) is 5.91 Å². The van der Waals surface area contributed by atoms with Crippen LogP contribution < -0.4 is 16.0 Å². The lowest BCUT2D eigenvalue weighted by Crippen LogP contribution is -2.34. The van der Waals surface area contributed by atoms with Crippen molar-refractivity contribution in [3.63, 3.8) is 0 Å². The van der Waals surface area contributed by atoms with Gasteiger partial charge < -0.3 is 9.15 Å². The molecule has 3 N–H and O–H groups in total. The maximum atomic E-state index is 11.2. The maximum Gasteiger partial charge on any atom is 0.271 e. The zero-order valence-electron chi connectivity index (χ0n) is 10.9. The first-order valence-electron chi connectivity index (χ1n) is 5.88. The van der Waals surface area contributed by atoms with Crippen LogP contribution in [0.4, 0.5) is 0 Å². The summed E-state index contributed by atoms with van der Waals surface area (Å²) in [5.74, 6) is 5.32. The summed E-state index contributed by atoms with van der Waals surface area (Å²) in [7, 11) is 0. The normalized spacial score (nSPS) is 10.3. The third kappa shape index (κ3) is 2.95. The highest BCUT2D eigenvalue weighted by Crippen LogP contribution is 2.34. The Morgan fingerprint density at radius 1 is 1.42 bits per heavy atom. The van der Waals surface area contributed by atoms with Crippen LogP contribution in [0.5, 0.6) is 5.75 Å². The van der Waals surface area contributed by atoms with E-state index < -0.39 is 0 Å². The SMILES string of the molecule is Cc1cc(C)c(OCC(=O)NN)c(-c2ccoc2)c1.